The van der Waals surface area contributed by atoms with Crippen molar-refractivity contribution in [1.29, 1.82) is 0 Å². The summed E-state index contributed by atoms with van der Waals surface area (Å²) in [6.45, 7) is 5.09. The van der Waals surface area contributed by atoms with E-state index in [1.807, 2.05) is 13.1 Å². The molecule has 0 amide bonds. The van der Waals surface area contributed by atoms with E-state index >= 15 is 0 Å². The quantitative estimate of drug-likeness (QED) is 0.379. The third-order valence-corrected chi connectivity index (χ3v) is 4.56. The first-order valence-corrected chi connectivity index (χ1v) is 9.26. The molecule has 0 atom stereocenters. The zero-order valence-corrected chi connectivity index (χ0v) is 18.2. The van der Waals surface area contributed by atoms with E-state index in [1.54, 1.807) is 0 Å². The van der Waals surface area contributed by atoms with E-state index in [4.69, 9.17) is 4.74 Å². The highest BCUT2D eigenvalue weighted by atomic mass is 127. The zero-order chi connectivity index (χ0) is 18.0. The molecule has 0 spiro atoms. The van der Waals surface area contributed by atoms with Crippen LogP contribution in [0.5, 0.6) is 0 Å². The first kappa shape index (κ1) is 21.5. The Morgan fingerprint density at radius 3 is 2.44 bits per heavy atom. The summed E-state index contributed by atoms with van der Waals surface area (Å²) in [5.74, 6) is 0.831. The maximum atomic E-state index is 5.47. The van der Waals surface area contributed by atoms with Crippen molar-refractivity contribution in [2.24, 2.45) is 4.99 Å². The van der Waals surface area contributed by atoms with Crippen molar-refractivity contribution in [3.05, 3.63) is 65.7 Å². The maximum absolute atomic E-state index is 5.47. The summed E-state index contributed by atoms with van der Waals surface area (Å²) >= 11 is 0. The third-order valence-electron chi connectivity index (χ3n) is 4.56. The number of aliphatic imine (C=N–C) groups is 1. The van der Waals surface area contributed by atoms with Gasteiger partial charge in [-0.05, 0) is 23.6 Å². The Labute approximate surface area is 179 Å². The van der Waals surface area contributed by atoms with Gasteiger partial charge >= 0.3 is 0 Å². The number of benzene rings is 2. The summed E-state index contributed by atoms with van der Waals surface area (Å²) in [5.41, 5.74) is 3.89. The van der Waals surface area contributed by atoms with Gasteiger partial charge in [0.25, 0.3) is 0 Å². The smallest absolute Gasteiger partial charge is 0.191 e. The van der Waals surface area contributed by atoms with Crippen molar-refractivity contribution >= 4 is 35.6 Å². The summed E-state index contributed by atoms with van der Waals surface area (Å²) in [7, 11) is 1.81. The Morgan fingerprint density at radius 1 is 1.00 bits per heavy atom. The molecule has 1 saturated heterocycles. The lowest BCUT2D eigenvalue weighted by atomic mass is 10.1. The Balaban J connectivity index is 0.00000261. The first-order valence-electron chi connectivity index (χ1n) is 9.26. The van der Waals surface area contributed by atoms with Gasteiger partial charge in [0, 0.05) is 38.9 Å². The van der Waals surface area contributed by atoms with Crippen LogP contribution in [0, 0.1) is 0 Å². The topological polar surface area (TPSA) is 48.9 Å². The number of guanidine groups is 1. The Bertz CT molecular complexity index is 702. The second-order valence-electron chi connectivity index (χ2n) is 6.32. The van der Waals surface area contributed by atoms with E-state index in [1.165, 1.54) is 16.8 Å². The molecule has 27 heavy (non-hydrogen) atoms. The van der Waals surface area contributed by atoms with Crippen molar-refractivity contribution in [1.82, 2.24) is 10.6 Å². The second-order valence-corrected chi connectivity index (χ2v) is 6.32. The molecule has 0 aliphatic carbocycles. The summed E-state index contributed by atoms with van der Waals surface area (Å²) in [6.07, 6.45) is 0.978. The minimum Gasteiger partial charge on any atom is -0.378 e. The molecular weight excluding hydrogens is 451 g/mol. The lowest BCUT2D eigenvalue weighted by Crippen LogP contribution is -2.39. The van der Waals surface area contributed by atoms with Gasteiger partial charge in [-0.1, -0.05) is 48.5 Å². The van der Waals surface area contributed by atoms with E-state index in [0.717, 1.165) is 51.8 Å². The van der Waals surface area contributed by atoms with E-state index in [9.17, 15) is 0 Å². The molecule has 0 bridgehead atoms. The molecule has 2 aromatic carbocycles. The Hall–Kier alpha value is -1.80. The highest BCUT2D eigenvalue weighted by Gasteiger charge is 2.14. The molecule has 0 aromatic heterocycles. The first-order chi connectivity index (χ1) is 12.9. The monoisotopic (exact) mass is 480 g/mol. The van der Waals surface area contributed by atoms with Gasteiger partial charge < -0.3 is 20.3 Å². The van der Waals surface area contributed by atoms with Gasteiger partial charge in [0.15, 0.2) is 5.96 Å². The fourth-order valence-corrected chi connectivity index (χ4v) is 3.14. The lowest BCUT2D eigenvalue weighted by molar-refractivity contribution is 0.122. The molecule has 2 aromatic rings. The SMILES string of the molecule is CN=C(NCCc1ccccc1)NCc1ccccc1N1CCOCC1.I. The van der Waals surface area contributed by atoms with Crippen molar-refractivity contribution in [3.63, 3.8) is 0 Å². The summed E-state index contributed by atoms with van der Waals surface area (Å²) in [6, 6.07) is 19.0. The predicted octanol–water partition coefficient (Wildman–Crippen LogP) is 3.05. The average Bonchev–Trinajstić information content (AvgIpc) is 2.72. The highest BCUT2D eigenvalue weighted by Crippen LogP contribution is 2.21. The zero-order valence-electron chi connectivity index (χ0n) is 15.9. The van der Waals surface area contributed by atoms with Gasteiger partial charge in [-0.25, -0.2) is 0 Å². The van der Waals surface area contributed by atoms with E-state index in [-0.39, 0.29) is 24.0 Å². The molecular formula is C21H29IN4O. The molecule has 1 aliphatic rings. The number of halogens is 1. The molecule has 0 unspecified atom stereocenters. The lowest BCUT2D eigenvalue weighted by Gasteiger charge is -2.30. The minimum absolute atomic E-state index is 0. The maximum Gasteiger partial charge on any atom is 0.191 e. The predicted molar refractivity (Wildman–Crippen MR) is 123 cm³/mol. The number of nitrogens with one attached hydrogen (secondary N) is 2. The van der Waals surface area contributed by atoms with E-state index < -0.39 is 0 Å². The van der Waals surface area contributed by atoms with Crippen LogP contribution in [0.3, 0.4) is 0 Å². The van der Waals surface area contributed by atoms with Gasteiger partial charge in [-0.2, -0.15) is 0 Å². The van der Waals surface area contributed by atoms with Gasteiger partial charge in [-0.3, -0.25) is 4.99 Å². The van der Waals surface area contributed by atoms with Crippen molar-refractivity contribution in [3.8, 4) is 0 Å². The number of morpholine rings is 1. The fraction of sp³-hybridized carbons (Fsp3) is 0.381. The number of para-hydroxylation sites is 1. The molecule has 1 fully saturated rings. The standard InChI is InChI=1S/C21H28N4O.HI/c1-22-21(23-12-11-18-7-3-2-4-8-18)24-17-19-9-5-6-10-20(19)25-13-15-26-16-14-25;/h2-10H,11-17H2,1H3,(H2,22,23,24);1H. The highest BCUT2D eigenvalue weighted by molar-refractivity contribution is 14.0. The van der Waals surface area contributed by atoms with Crippen LogP contribution in [0.15, 0.2) is 59.6 Å². The molecule has 6 heteroatoms. The molecule has 0 saturated carbocycles. The number of nitrogens with zero attached hydrogens (tertiary/aromatic N) is 2. The number of rotatable bonds is 6. The van der Waals surface area contributed by atoms with Crippen molar-refractivity contribution in [2.45, 2.75) is 13.0 Å². The van der Waals surface area contributed by atoms with Crippen LogP contribution in [-0.4, -0.2) is 45.9 Å². The van der Waals surface area contributed by atoms with Gasteiger partial charge in [-0.15, -0.1) is 24.0 Å². The third kappa shape index (κ3) is 6.70. The molecule has 1 heterocycles. The van der Waals surface area contributed by atoms with Crippen LogP contribution in [-0.2, 0) is 17.7 Å². The molecule has 5 nitrogen and oxygen atoms in total. The average molecular weight is 480 g/mol. The normalized spacial score (nSPS) is 14.4. The minimum atomic E-state index is 0. The number of ether oxygens (including phenoxy) is 1. The van der Waals surface area contributed by atoms with Crippen LogP contribution in [0.1, 0.15) is 11.1 Å². The largest absolute Gasteiger partial charge is 0.378 e. The van der Waals surface area contributed by atoms with Crippen molar-refractivity contribution in [2.75, 3.05) is 44.8 Å². The summed E-state index contributed by atoms with van der Waals surface area (Å²) in [4.78, 5) is 6.73. The Morgan fingerprint density at radius 2 is 1.70 bits per heavy atom. The summed E-state index contributed by atoms with van der Waals surface area (Å²) in [5, 5.41) is 6.82. The van der Waals surface area contributed by atoms with Gasteiger partial charge in [0.1, 0.15) is 0 Å². The molecule has 146 valence electrons. The molecule has 1 aliphatic heterocycles. The number of hydrogen-bond acceptors (Lipinski definition) is 3. The van der Waals surface area contributed by atoms with Crippen LogP contribution in [0.25, 0.3) is 0 Å². The van der Waals surface area contributed by atoms with Crippen LogP contribution < -0.4 is 15.5 Å². The molecule has 2 N–H and O–H groups in total. The van der Waals surface area contributed by atoms with E-state index in [0.29, 0.717) is 0 Å². The Kier molecular flexibility index (Phi) is 9.41. The van der Waals surface area contributed by atoms with Crippen LogP contribution in [0.4, 0.5) is 5.69 Å². The van der Waals surface area contributed by atoms with Crippen molar-refractivity contribution < 1.29 is 4.74 Å². The number of hydrogen-bond donors (Lipinski definition) is 2. The second kappa shape index (κ2) is 11.8. The van der Waals surface area contributed by atoms with Crippen LogP contribution in [0.2, 0.25) is 0 Å². The molecule has 3 rings (SSSR count). The summed E-state index contributed by atoms with van der Waals surface area (Å²) < 4.78 is 5.47. The fourth-order valence-electron chi connectivity index (χ4n) is 3.14. The number of anilines is 1. The van der Waals surface area contributed by atoms with Crippen LogP contribution >= 0.6 is 24.0 Å². The van der Waals surface area contributed by atoms with Gasteiger partial charge in [0.05, 0.1) is 13.2 Å². The molecule has 0 radical (unpaired) electrons. The van der Waals surface area contributed by atoms with Gasteiger partial charge in [0.2, 0.25) is 0 Å². The van der Waals surface area contributed by atoms with E-state index in [2.05, 4.69) is 69.1 Å².